The Hall–Kier alpha value is -2.12. The first-order valence-corrected chi connectivity index (χ1v) is 9.06. The van der Waals surface area contributed by atoms with Crippen LogP contribution in [0.15, 0.2) is 48.5 Å². The molecular weight excluding hydrogens is 348 g/mol. The fourth-order valence-corrected chi connectivity index (χ4v) is 3.47. The van der Waals surface area contributed by atoms with Crippen molar-refractivity contribution in [2.45, 2.75) is 37.3 Å². The molecular formula is C21H26O6. The van der Waals surface area contributed by atoms with E-state index in [2.05, 4.69) is 0 Å². The van der Waals surface area contributed by atoms with Crippen LogP contribution in [0.4, 0.5) is 0 Å². The van der Waals surface area contributed by atoms with E-state index in [1.807, 2.05) is 48.5 Å². The second kappa shape index (κ2) is 8.71. The van der Waals surface area contributed by atoms with E-state index < -0.39 is 30.3 Å². The molecule has 0 bridgehead atoms. The van der Waals surface area contributed by atoms with Crippen LogP contribution in [-0.2, 0) is 6.42 Å². The summed E-state index contributed by atoms with van der Waals surface area (Å²) in [7, 11) is 1.62. The molecule has 2 aromatic carbocycles. The lowest BCUT2D eigenvalue weighted by Crippen LogP contribution is -2.56. The molecule has 5 atom stereocenters. The lowest BCUT2D eigenvalue weighted by atomic mass is 9.81. The summed E-state index contributed by atoms with van der Waals surface area (Å²) < 4.78 is 11.2. The molecule has 6 heteroatoms. The zero-order chi connectivity index (χ0) is 19.4. The minimum Gasteiger partial charge on any atom is -0.497 e. The van der Waals surface area contributed by atoms with E-state index >= 15 is 0 Å². The smallest absolute Gasteiger partial charge is 0.128 e. The summed E-state index contributed by atoms with van der Waals surface area (Å²) in [4.78, 5) is 0. The Morgan fingerprint density at radius 2 is 1.63 bits per heavy atom. The van der Waals surface area contributed by atoms with Gasteiger partial charge in [-0.05, 0) is 35.7 Å². The van der Waals surface area contributed by atoms with Crippen molar-refractivity contribution in [3.05, 3.63) is 59.7 Å². The molecule has 6 nitrogen and oxygen atoms in total. The Morgan fingerprint density at radius 3 is 2.30 bits per heavy atom. The lowest BCUT2D eigenvalue weighted by Gasteiger charge is -2.39. The van der Waals surface area contributed by atoms with Crippen LogP contribution in [0.2, 0.25) is 0 Å². The zero-order valence-corrected chi connectivity index (χ0v) is 15.2. The molecule has 0 amide bonds. The third-order valence-electron chi connectivity index (χ3n) is 5.14. The van der Waals surface area contributed by atoms with Crippen LogP contribution >= 0.6 is 0 Å². The van der Waals surface area contributed by atoms with Gasteiger partial charge in [-0.25, -0.2) is 0 Å². The predicted molar refractivity (Wildman–Crippen MR) is 99.9 cm³/mol. The van der Waals surface area contributed by atoms with Crippen molar-refractivity contribution in [3.63, 3.8) is 0 Å². The average molecular weight is 374 g/mol. The van der Waals surface area contributed by atoms with Crippen molar-refractivity contribution in [3.8, 4) is 11.5 Å². The number of aliphatic hydroxyl groups excluding tert-OH is 4. The van der Waals surface area contributed by atoms with Gasteiger partial charge in [0, 0.05) is 18.9 Å². The molecule has 1 aliphatic rings. The largest absolute Gasteiger partial charge is 0.497 e. The van der Waals surface area contributed by atoms with Crippen molar-refractivity contribution in [1.29, 1.82) is 0 Å². The number of benzene rings is 2. The minimum atomic E-state index is -1.35. The summed E-state index contributed by atoms with van der Waals surface area (Å²) in [5.41, 5.74) is 2.02. The Bertz CT molecular complexity index is 730. The van der Waals surface area contributed by atoms with Gasteiger partial charge in [0.25, 0.3) is 0 Å². The highest BCUT2D eigenvalue weighted by Crippen LogP contribution is 2.31. The van der Waals surface area contributed by atoms with Gasteiger partial charge in [-0.15, -0.1) is 0 Å². The first-order chi connectivity index (χ1) is 13.0. The number of ether oxygens (including phenoxy) is 2. The standard InChI is InChI=1S/C21H26O6/c1-26-16-8-6-13(7-9-16)10-14-4-2-3-5-17(14)27-18-11-15(12-22)19(23)21(25)20(18)24/h2-9,15,18-25H,10-12H2,1H3/t15-,18?,19-,20+,21+/m1/s1. The highest BCUT2D eigenvalue weighted by atomic mass is 16.5. The van der Waals surface area contributed by atoms with E-state index in [4.69, 9.17) is 9.47 Å². The molecule has 0 radical (unpaired) electrons. The van der Waals surface area contributed by atoms with Crippen molar-refractivity contribution >= 4 is 0 Å². The quantitative estimate of drug-likeness (QED) is 0.605. The van der Waals surface area contributed by atoms with Gasteiger partial charge in [0.2, 0.25) is 0 Å². The monoisotopic (exact) mass is 374 g/mol. The number of rotatable bonds is 6. The SMILES string of the molecule is COc1ccc(Cc2ccccc2OC2C[C@H](CO)[C@@H](O)[C@H](O)[C@H]2O)cc1. The summed E-state index contributed by atoms with van der Waals surface area (Å²) in [5, 5.41) is 39.7. The van der Waals surface area contributed by atoms with Crippen molar-refractivity contribution < 1.29 is 29.9 Å². The van der Waals surface area contributed by atoms with E-state index in [0.717, 1.165) is 16.9 Å². The first-order valence-electron chi connectivity index (χ1n) is 9.06. The Balaban J connectivity index is 1.77. The molecule has 0 aromatic heterocycles. The normalized spacial score (nSPS) is 28.0. The number of hydrogen-bond acceptors (Lipinski definition) is 6. The molecule has 3 rings (SSSR count). The zero-order valence-electron chi connectivity index (χ0n) is 15.2. The summed E-state index contributed by atoms with van der Waals surface area (Å²) in [6, 6.07) is 15.3. The number of hydrogen-bond donors (Lipinski definition) is 4. The molecule has 1 aliphatic carbocycles. The van der Waals surface area contributed by atoms with E-state index in [1.165, 1.54) is 0 Å². The second-order valence-corrected chi connectivity index (χ2v) is 6.94. The van der Waals surface area contributed by atoms with Gasteiger partial charge in [0.1, 0.15) is 29.8 Å². The molecule has 146 valence electrons. The van der Waals surface area contributed by atoms with Gasteiger partial charge in [0.15, 0.2) is 0 Å². The van der Waals surface area contributed by atoms with Crippen molar-refractivity contribution in [1.82, 2.24) is 0 Å². The van der Waals surface area contributed by atoms with Crippen molar-refractivity contribution in [2.75, 3.05) is 13.7 Å². The third kappa shape index (κ3) is 4.42. The average Bonchev–Trinajstić information content (AvgIpc) is 2.70. The third-order valence-corrected chi connectivity index (χ3v) is 5.14. The van der Waals surface area contributed by atoms with Gasteiger partial charge in [-0.2, -0.15) is 0 Å². The minimum absolute atomic E-state index is 0.257. The van der Waals surface area contributed by atoms with Crippen LogP contribution in [0.1, 0.15) is 17.5 Å². The fraction of sp³-hybridized carbons (Fsp3) is 0.429. The molecule has 27 heavy (non-hydrogen) atoms. The maximum absolute atomic E-state index is 10.3. The van der Waals surface area contributed by atoms with Crippen LogP contribution in [0.5, 0.6) is 11.5 Å². The molecule has 1 unspecified atom stereocenters. The van der Waals surface area contributed by atoms with Crippen LogP contribution in [0, 0.1) is 5.92 Å². The Morgan fingerprint density at radius 1 is 0.926 bits per heavy atom. The molecule has 1 fully saturated rings. The van der Waals surface area contributed by atoms with Crippen LogP contribution in [-0.4, -0.2) is 58.6 Å². The predicted octanol–water partition coefficient (Wildman–Crippen LogP) is 1.13. The summed E-state index contributed by atoms with van der Waals surface area (Å²) in [5.74, 6) is 0.857. The molecule has 0 spiro atoms. The van der Waals surface area contributed by atoms with E-state index in [1.54, 1.807) is 7.11 Å². The van der Waals surface area contributed by atoms with E-state index in [0.29, 0.717) is 12.2 Å². The molecule has 2 aromatic rings. The maximum atomic E-state index is 10.3. The van der Waals surface area contributed by atoms with Crippen LogP contribution < -0.4 is 9.47 Å². The van der Waals surface area contributed by atoms with Gasteiger partial charge < -0.3 is 29.9 Å². The Labute approximate surface area is 158 Å². The van der Waals surface area contributed by atoms with E-state index in [-0.39, 0.29) is 13.0 Å². The highest BCUT2D eigenvalue weighted by molar-refractivity contribution is 5.39. The first kappa shape index (κ1) is 19.6. The summed E-state index contributed by atoms with van der Waals surface area (Å²) in [6.07, 6.45) is -3.56. The molecule has 4 N–H and O–H groups in total. The fourth-order valence-electron chi connectivity index (χ4n) is 3.47. The van der Waals surface area contributed by atoms with Gasteiger partial charge in [-0.1, -0.05) is 30.3 Å². The van der Waals surface area contributed by atoms with E-state index in [9.17, 15) is 20.4 Å². The highest BCUT2D eigenvalue weighted by Gasteiger charge is 2.43. The topological polar surface area (TPSA) is 99.4 Å². The molecule has 0 heterocycles. The molecule has 0 saturated heterocycles. The Kier molecular flexibility index (Phi) is 6.34. The number of methoxy groups -OCH3 is 1. The van der Waals surface area contributed by atoms with Crippen LogP contribution in [0.25, 0.3) is 0 Å². The second-order valence-electron chi connectivity index (χ2n) is 6.94. The maximum Gasteiger partial charge on any atom is 0.128 e. The lowest BCUT2D eigenvalue weighted by molar-refractivity contribution is -0.157. The van der Waals surface area contributed by atoms with Gasteiger partial charge in [-0.3, -0.25) is 0 Å². The van der Waals surface area contributed by atoms with Crippen molar-refractivity contribution in [2.24, 2.45) is 5.92 Å². The van der Waals surface area contributed by atoms with Gasteiger partial charge in [0.05, 0.1) is 13.2 Å². The molecule has 1 saturated carbocycles. The van der Waals surface area contributed by atoms with Crippen LogP contribution in [0.3, 0.4) is 0 Å². The summed E-state index contributed by atoms with van der Waals surface area (Å²) in [6.45, 7) is -0.279. The number of aliphatic hydroxyl groups is 4. The molecule has 0 aliphatic heterocycles. The summed E-state index contributed by atoms with van der Waals surface area (Å²) >= 11 is 0. The van der Waals surface area contributed by atoms with Gasteiger partial charge >= 0.3 is 0 Å². The number of para-hydroxylation sites is 1.